The summed E-state index contributed by atoms with van der Waals surface area (Å²) in [4.78, 5) is 15.4. The molecule has 2 aliphatic rings. The van der Waals surface area contributed by atoms with Gasteiger partial charge in [-0.25, -0.2) is 8.42 Å². The number of nitrogens with zero attached hydrogens (tertiary/aromatic N) is 2. The lowest BCUT2D eigenvalue weighted by Crippen LogP contribution is -2.55. The number of benzene rings is 2. The molecule has 0 bridgehead atoms. The first-order valence-electron chi connectivity index (χ1n) is 12.1. The summed E-state index contributed by atoms with van der Waals surface area (Å²) in [5, 5.41) is 3.24. The first-order chi connectivity index (χ1) is 15.9. The van der Waals surface area contributed by atoms with Crippen molar-refractivity contribution in [2.45, 2.75) is 62.9 Å². The fourth-order valence-corrected chi connectivity index (χ4v) is 6.38. The first kappa shape index (κ1) is 23.9. The molecule has 33 heavy (non-hydrogen) atoms. The minimum atomic E-state index is -3.51. The average molecular weight is 470 g/mol. The monoisotopic (exact) mass is 469 g/mol. The molecule has 0 radical (unpaired) electrons. The van der Waals surface area contributed by atoms with Crippen LogP contribution in [0.25, 0.3) is 0 Å². The Morgan fingerprint density at radius 3 is 2.45 bits per heavy atom. The fraction of sp³-hybridized carbons (Fsp3) is 0.500. The summed E-state index contributed by atoms with van der Waals surface area (Å²) in [5.41, 5.74) is 3.70. The molecule has 1 fully saturated rings. The number of aryl methyl sites for hydroxylation is 2. The summed E-state index contributed by atoms with van der Waals surface area (Å²) in [6.07, 6.45) is 5.08. The maximum absolute atomic E-state index is 13.1. The molecule has 0 saturated carbocycles. The van der Waals surface area contributed by atoms with Crippen LogP contribution in [-0.2, 0) is 27.7 Å². The standard InChI is InChI=1S/C26H35N3O3S/c1-3-7-21-12-14-23(15-13-21)33(31,32)29-18-16-28(17-19-29)20(2)26(30)27-25-11-6-9-22-8-4-5-10-24(22)25/h4-5,8,10,12-15,20,25H,3,6-7,9,11,16-19H2,1-2H3,(H,27,30). The third-order valence-corrected chi connectivity index (χ3v) is 8.90. The van der Waals surface area contributed by atoms with E-state index in [-0.39, 0.29) is 18.0 Å². The summed E-state index contributed by atoms with van der Waals surface area (Å²) in [6, 6.07) is 15.3. The van der Waals surface area contributed by atoms with Gasteiger partial charge in [-0.3, -0.25) is 9.69 Å². The molecule has 6 nitrogen and oxygen atoms in total. The zero-order valence-electron chi connectivity index (χ0n) is 19.7. The Kier molecular flexibility index (Phi) is 7.51. The van der Waals surface area contributed by atoms with E-state index in [1.54, 1.807) is 16.4 Å². The molecule has 2 atom stereocenters. The molecular formula is C26H35N3O3S. The van der Waals surface area contributed by atoms with Crippen LogP contribution < -0.4 is 5.32 Å². The van der Waals surface area contributed by atoms with Gasteiger partial charge in [-0.05, 0) is 61.4 Å². The highest BCUT2D eigenvalue weighted by molar-refractivity contribution is 7.89. The van der Waals surface area contributed by atoms with Crippen LogP contribution in [0.15, 0.2) is 53.4 Å². The Morgan fingerprint density at radius 2 is 1.76 bits per heavy atom. The van der Waals surface area contributed by atoms with Gasteiger partial charge in [-0.2, -0.15) is 4.31 Å². The third-order valence-electron chi connectivity index (χ3n) is 6.99. The molecule has 1 aliphatic heterocycles. The van der Waals surface area contributed by atoms with Gasteiger partial charge in [-0.15, -0.1) is 0 Å². The van der Waals surface area contributed by atoms with Crippen LogP contribution in [0, 0.1) is 0 Å². The van der Waals surface area contributed by atoms with Crippen LogP contribution in [0.4, 0.5) is 0 Å². The van der Waals surface area contributed by atoms with Gasteiger partial charge in [0.15, 0.2) is 0 Å². The molecule has 0 aromatic heterocycles. The normalized spacial score (nSPS) is 20.7. The summed E-state index contributed by atoms with van der Waals surface area (Å²) in [7, 11) is -3.51. The van der Waals surface area contributed by atoms with E-state index in [1.807, 2.05) is 25.1 Å². The highest BCUT2D eigenvalue weighted by Gasteiger charge is 2.32. The molecule has 2 unspecified atom stereocenters. The fourth-order valence-electron chi connectivity index (χ4n) is 4.96. The van der Waals surface area contributed by atoms with Crippen molar-refractivity contribution < 1.29 is 13.2 Å². The van der Waals surface area contributed by atoms with E-state index in [0.29, 0.717) is 31.1 Å². The van der Waals surface area contributed by atoms with Crippen molar-refractivity contribution in [1.82, 2.24) is 14.5 Å². The molecule has 1 N–H and O–H groups in total. The molecular weight excluding hydrogens is 434 g/mol. The van der Waals surface area contributed by atoms with E-state index in [2.05, 4.69) is 35.3 Å². The van der Waals surface area contributed by atoms with Gasteiger partial charge in [0, 0.05) is 26.2 Å². The second-order valence-corrected chi connectivity index (χ2v) is 11.1. The van der Waals surface area contributed by atoms with E-state index >= 15 is 0 Å². The number of fused-ring (bicyclic) bond motifs is 1. The number of carbonyl (C=O) groups is 1. The van der Waals surface area contributed by atoms with E-state index < -0.39 is 10.0 Å². The van der Waals surface area contributed by atoms with Crippen LogP contribution in [0.1, 0.15) is 55.8 Å². The van der Waals surface area contributed by atoms with Gasteiger partial charge in [0.1, 0.15) is 0 Å². The van der Waals surface area contributed by atoms with E-state index in [9.17, 15) is 13.2 Å². The number of hydrogen-bond donors (Lipinski definition) is 1. The van der Waals surface area contributed by atoms with Gasteiger partial charge in [0.05, 0.1) is 17.0 Å². The maximum atomic E-state index is 13.1. The number of piperazine rings is 1. The molecule has 2 aromatic rings. The van der Waals surface area contributed by atoms with Crippen molar-refractivity contribution in [2.75, 3.05) is 26.2 Å². The van der Waals surface area contributed by atoms with Gasteiger partial charge >= 0.3 is 0 Å². The Balaban J connectivity index is 1.34. The molecule has 1 aliphatic carbocycles. The summed E-state index contributed by atoms with van der Waals surface area (Å²) < 4.78 is 27.7. The first-order valence-corrected chi connectivity index (χ1v) is 13.6. The molecule has 2 aromatic carbocycles. The van der Waals surface area contributed by atoms with Crippen LogP contribution in [0.5, 0.6) is 0 Å². The summed E-state index contributed by atoms with van der Waals surface area (Å²) in [6.45, 7) is 5.90. The zero-order valence-corrected chi connectivity index (χ0v) is 20.5. The molecule has 4 rings (SSSR count). The Labute approximate surface area is 198 Å². The summed E-state index contributed by atoms with van der Waals surface area (Å²) in [5.74, 6) is 0.0134. The molecule has 0 spiro atoms. The topological polar surface area (TPSA) is 69.7 Å². The highest BCUT2D eigenvalue weighted by atomic mass is 32.2. The van der Waals surface area contributed by atoms with Crippen LogP contribution in [0.3, 0.4) is 0 Å². The van der Waals surface area contributed by atoms with E-state index in [0.717, 1.165) is 37.7 Å². The maximum Gasteiger partial charge on any atom is 0.243 e. The number of rotatable bonds is 7. The van der Waals surface area contributed by atoms with Gasteiger partial charge in [0.2, 0.25) is 15.9 Å². The van der Waals surface area contributed by atoms with Crippen molar-refractivity contribution in [2.24, 2.45) is 0 Å². The van der Waals surface area contributed by atoms with Crippen molar-refractivity contribution in [3.63, 3.8) is 0 Å². The van der Waals surface area contributed by atoms with E-state index in [4.69, 9.17) is 0 Å². The lowest BCUT2D eigenvalue weighted by molar-refractivity contribution is -0.127. The Bertz CT molecular complexity index is 1060. The second kappa shape index (κ2) is 10.4. The molecule has 1 saturated heterocycles. The Hall–Kier alpha value is -2.22. The smallest absolute Gasteiger partial charge is 0.243 e. The summed E-state index contributed by atoms with van der Waals surface area (Å²) >= 11 is 0. The lowest BCUT2D eigenvalue weighted by Gasteiger charge is -2.37. The number of sulfonamides is 1. The number of carbonyl (C=O) groups excluding carboxylic acids is 1. The second-order valence-electron chi connectivity index (χ2n) is 9.16. The minimum absolute atomic E-state index is 0.0134. The largest absolute Gasteiger partial charge is 0.348 e. The number of amides is 1. The predicted octanol–water partition coefficient (Wildman–Crippen LogP) is 3.53. The van der Waals surface area contributed by atoms with Crippen molar-refractivity contribution in [3.05, 3.63) is 65.2 Å². The van der Waals surface area contributed by atoms with Gasteiger partial charge < -0.3 is 5.32 Å². The van der Waals surface area contributed by atoms with Crippen molar-refractivity contribution in [1.29, 1.82) is 0 Å². The van der Waals surface area contributed by atoms with Crippen LogP contribution >= 0.6 is 0 Å². The third kappa shape index (κ3) is 5.31. The van der Waals surface area contributed by atoms with Crippen LogP contribution in [-0.4, -0.2) is 55.8 Å². The quantitative estimate of drug-likeness (QED) is 0.674. The van der Waals surface area contributed by atoms with Gasteiger partial charge in [-0.1, -0.05) is 49.7 Å². The van der Waals surface area contributed by atoms with E-state index in [1.165, 1.54) is 11.1 Å². The highest BCUT2D eigenvalue weighted by Crippen LogP contribution is 2.29. The number of nitrogens with one attached hydrogen (secondary N) is 1. The SMILES string of the molecule is CCCc1ccc(S(=O)(=O)N2CCN(C(C)C(=O)NC3CCCc4ccccc43)CC2)cc1. The van der Waals surface area contributed by atoms with Crippen LogP contribution in [0.2, 0.25) is 0 Å². The van der Waals surface area contributed by atoms with Gasteiger partial charge in [0.25, 0.3) is 0 Å². The Morgan fingerprint density at radius 1 is 1.06 bits per heavy atom. The lowest BCUT2D eigenvalue weighted by atomic mass is 9.87. The molecule has 1 heterocycles. The van der Waals surface area contributed by atoms with Crippen molar-refractivity contribution in [3.8, 4) is 0 Å². The zero-order chi connectivity index (χ0) is 23.4. The average Bonchev–Trinajstić information content (AvgIpc) is 2.84. The number of hydrogen-bond acceptors (Lipinski definition) is 4. The molecule has 7 heteroatoms. The molecule has 1 amide bonds. The van der Waals surface area contributed by atoms with Crippen molar-refractivity contribution >= 4 is 15.9 Å². The molecule has 178 valence electrons. The predicted molar refractivity (Wildman–Crippen MR) is 130 cm³/mol. The minimum Gasteiger partial charge on any atom is -0.348 e.